The highest BCUT2D eigenvalue weighted by Crippen LogP contribution is 2.30. The molecule has 6 heteroatoms. The molecule has 1 aromatic carbocycles. The smallest absolute Gasteiger partial charge is 0.222 e. The van der Waals surface area contributed by atoms with E-state index in [-0.39, 0.29) is 11.8 Å². The summed E-state index contributed by atoms with van der Waals surface area (Å²) >= 11 is 0. The lowest BCUT2D eigenvalue weighted by molar-refractivity contribution is 0.628. The van der Waals surface area contributed by atoms with E-state index in [1.807, 2.05) is 19.9 Å². The average molecular weight is 257 g/mol. The Balaban J connectivity index is 2.39. The Kier molecular flexibility index (Phi) is 2.45. The van der Waals surface area contributed by atoms with Gasteiger partial charge in [-0.25, -0.2) is 14.4 Å². The van der Waals surface area contributed by atoms with Crippen LogP contribution in [0.5, 0.6) is 0 Å². The maximum absolute atomic E-state index is 14.2. The summed E-state index contributed by atoms with van der Waals surface area (Å²) in [5.74, 6) is -0.250. The summed E-state index contributed by atoms with van der Waals surface area (Å²) < 4.78 is 14.2. The molecule has 2 heterocycles. The molecule has 5 nitrogen and oxygen atoms in total. The summed E-state index contributed by atoms with van der Waals surface area (Å²) in [6, 6.07) is 3.38. The number of H-pyrrole nitrogens is 1. The van der Waals surface area contributed by atoms with Crippen molar-refractivity contribution in [2.24, 2.45) is 0 Å². The van der Waals surface area contributed by atoms with Crippen molar-refractivity contribution in [2.75, 3.05) is 5.73 Å². The lowest BCUT2D eigenvalue weighted by Gasteiger charge is -2.09. The van der Waals surface area contributed by atoms with Crippen LogP contribution in [0.1, 0.15) is 11.1 Å². The molecule has 0 radical (unpaired) electrons. The van der Waals surface area contributed by atoms with Crippen LogP contribution in [-0.2, 0) is 0 Å². The number of nitrogen functional groups attached to an aromatic ring is 1. The third-order valence-corrected chi connectivity index (χ3v) is 2.97. The number of hydrogen-bond donors (Lipinski definition) is 2. The monoisotopic (exact) mass is 257 g/mol. The lowest BCUT2D eigenvalue weighted by atomic mass is 10.0. The van der Waals surface area contributed by atoms with E-state index in [2.05, 4.69) is 19.9 Å². The fourth-order valence-corrected chi connectivity index (χ4v) is 2.25. The number of aryl methyl sites for hydroxylation is 2. The maximum atomic E-state index is 14.2. The Hall–Kier alpha value is -2.50. The van der Waals surface area contributed by atoms with Crippen LogP contribution in [-0.4, -0.2) is 19.9 Å². The maximum Gasteiger partial charge on any atom is 0.222 e. The summed E-state index contributed by atoms with van der Waals surface area (Å²) in [6.07, 6.45) is 1.49. The van der Waals surface area contributed by atoms with Gasteiger partial charge in [-0.3, -0.25) is 0 Å². The number of benzene rings is 1. The second kappa shape index (κ2) is 4.01. The van der Waals surface area contributed by atoms with Crippen LogP contribution in [0.2, 0.25) is 0 Å². The molecular weight excluding hydrogens is 245 g/mol. The molecule has 96 valence electrons. The molecule has 2 aromatic heterocycles. The van der Waals surface area contributed by atoms with E-state index in [1.165, 1.54) is 12.4 Å². The first-order valence-corrected chi connectivity index (χ1v) is 5.80. The van der Waals surface area contributed by atoms with Crippen LogP contribution >= 0.6 is 0 Å². The molecule has 19 heavy (non-hydrogen) atoms. The quantitative estimate of drug-likeness (QED) is 0.701. The molecule has 0 spiro atoms. The van der Waals surface area contributed by atoms with Crippen LogP contribution in [0.3, 0.4) is 0 Å². The van der Waals surface area contributed by atoms with Crippen molar-refractivity contribution in [3.05, 3.63) is 35.4 Å². The Morgan fingerprint density at radius 3 is 2.74 bits per heavy atom. The average Bonchev–Trinajstić information content (AvgIpc) is 2.75. The van der Waals surface area contributed by atoms with Crippen molar-refractivity contribution in [3.8, 4) is 11.3 Å². The number of nitrogens with one attached hydrogen (secondary N) is 1. The first-order chi connectivity index (χ1) is 9.06. The van der Waals surface area contributed by atoms with Crippen LogP contribution in [0.4, 0.5) is 10.3 Å². The van der Waals surface area contributed by atoms with E-state index in [9.17, 15) is 4.39 Å². The Morgan fingerprint density at radius 1 is 1.21 bits per heavy atom. The number of anilines is 1. The number of fused-ring (bicyclic) bond motifs is 1. The number of aromatic amines is 1. The number of nitrogens with zero attached hydrogens (tertiary/aromatic N) is 3. The van der Waals surface area contributed by atoms with Gasteiger partial charge in [0.15, 0.2) is 5.65 Å². The normalized spacial score (nSPS) is 11.1. The number of aromatic nitrogens is 4. The minimum Gasteiger partial charge on any atom is -0.368 e. The van der Waals surface area contributed by atoms with Gasteiger partial charge in [0.25, 0.3) is 0 Å². The molecule has 0 bridgehead atoms. The first-order valence-electron chi connectivity index (χ1n) is 5.80. The van der Waals surface area contributed by atoms with Crippen molar-refractivity contribution in [1.82, 2.24) is 19.9 Å². The van der Waals surface area contributed by atoms with Crippen molar-refractivity contribution in [3.63, 3.8) is 0 Å². The molecule has 0 saturated heterocycles. The molecule has 0 amide bonds. The molecule has 0 saturated carbocycles. The molecule has 0 aliphatic carbocycles. The highest BCUT2D eigenvalue weighted by molar-refractivity contribution is 5.89. The third kappa shape index (κ3) is 1.81. The first kappa shape index (κ1) is 11.6. The second-order valence-electron chi connectivity index (χ2n) is 4.47. The van der Waals surface area contributed by atoms with Gasteiger partial charge >= 0.3 is 0 Å². The van der Waals surface area contributed by atoms with E-state index in [4.69, 9.17) is 5.73 Å². The van der Waals surface area contributed by atoms with Gasteiger partial charge < -0.3 is 10.7 Å². The summed E-state index contributed by atoms with van der Waals surface area (Å²) in [6.45, 7) is 3.69. The SMILES string of the molecule is Cc1cc(C)c(-c2nc(N)nc3nc[nH]c23)c(F)c1. The number of rotatable bonds is 1. The predicted octanol–water partition coefficient (Wildman–Crippen LogP) is 2.36. The minimum absolute atomic E-state index is 0.0778. The van der Waals surface area contributed by atoms with Gasteiger partial charge in [0.2, 0.25) is 5.95 Å². The van der Waals surface area contributed by atoms with Crippen LogP contribution in [0, 0.1) is 19.7 Å². The molecule has 3 rings (SSSR count). The number of halogens is 1. The van der Waals surface area contributed by atoms with E-state index in [0.717, 1.165) is 11.1 Å². The summed E-state index contributed by atoms with van der Waals surface area (Å²) in [5, 5.41) is 0. The molecule has 3 N–H and O–H groups in total. The zero-order chi connectivity index (χ0) is 13.6. The minimum atomic E-state index is -0.327. The zero-order valence-corrected chi connectivity index (χ0v) is 10.5. The number of imidazole rings is 1. The van der Waals surface area contributed by atoms with Crippen molar-refractivity contribution in [1.29, 1.82) is 0 Å². The largest absolute Gasteiger partial charge is 0.368 e. The van der Waals surface area contributed by atoms with Gasteiger partial charge in [-0.05, 0) is 31.0 Å². The Labute approximate surface area is 108 Å². The van der Waals surface area contributed by atoms with E-state index >= 15 is 0 Å². The highest BCUT2D eigenvalue weighted by atomic mass is 19.1. The van der Waals surface area contributed by atoms with E-state index < -0.39 is 0 Å². The van der Waals surface area contributed by atoms with Gasteiger partial charge in [-0.15, -0.1) is 0 Å². The molecular formula is C13H12FN5. The lowest BCUT2D eigenvalue weighted by Crippen LogP contribution is -2.00. The molecule has 0 atom stereocenters. The molecule has 0 aliphatic heterocycles. The predicted molar refractivity (Wildman–Crippen MR) is 71.0 cm³/mol. The molecule has 0 fully saturated rings. The topological polar surface area (TPSA) is 80.5 Å². The van der Waals surface area contributed by atoms with Crippen LogP contribution in [0.25, 0.3) is 22.4 Å². The van der Waals surface area contributed by atoms with Crippen LogP contribution in [0.15, 0.2) is 18.5 Å². The molecule has 3 aromatic rings. The van der Waals surface area contributed by atoms with Gasteiger partial charge in [0.1, 0.15) is 17.0 Å². The molecule has 0 unspecified atom stereocenters. The third-order valence-electron chi connectivity index (χ3n) is 2.97. The van der Waals surface area contributed by atoms with Gasteiger partial charge in [-0.1, -0.05) is 6.07 Å². The fraction of sp³-hybridized carbons (Fsp3) is 0.154. The Bertz CT molecular complexity index is 755. The summed E-state index contributed by atoms with van der Waals surface area (Å²) in [5.41, 5.74) is 9.19. The van der Waals surface area contributed by atoms with Gasteiger partial charge in [-0.2, -0.15) is 4.98 Å². The van der Waals surface area contributed by atoms with Crippen molar-refractivity contribution < 1.29 is 4.39 Å². The van der Waals surface area contributed by atoms with Crippen LogP contribution < -0.4 is 5.73 Å². The summed E-state index contributed by atoms with van der Waals surface area (Å²) in [4.78, 5) is 15.1. The second-order valence-corrected chi connectivity index (χ2v) is 4.47. The van der Waals surface area contributed by atoms with Crippen molar-refractivity contribution >= 4 is 17.1 Å². The van der Waals surface area contributed by atoms with Gasteiger partial charge in [0, 0.05) is 5.56 Å². The molecule has 0 aliphatic rings. The number of hydrogen-bond acceptors (Lipinski definition) is 4. The summed E-state index contributed by atoms with van der Waals surface area (Å²) in [7, 11) is 0. The fourth-order valence-electron chi connectivity index (χ4n) is 2.25. The standard InChI is InChI=1S/C13H12FN5/c1-6-3-7(2)9(8(14)4-6)10-11-12(17-5-16-11)19-13(15)18-10/h3-5H,1-2H3,(H3,15,16,17,18,19). The van der Waals surface area contributed by atoms with Crippen molar-refractivity contribution in [2.45, 2.75) is 13.8 Å². The van der Waals surface area contributed by atoms with Gasteiger partial charge in [0.05, 0.1) is 6.33 Å². The Morgan fingerprint density at radius 2 is 2.00 bits per heavy atom. The van der Waals surface area contributed by atoms with E-state index in [0.29, 0.717) is 22.4 Å². The zero-order valence-electron chi connectivity index (χ0n) is 10.5. The highest BCUT2D eigenvalue weighted by Gasteiger charge is 2.16. The van der Waals surface area contributed by atoms with E-state index in [1.54, 1.807) is 0 Å². The number of nitrogens with two attached hydrogens (primary N) is 1.